The third kappa shape index (κ3) is 3.69. The number of hydrogen-bond donors (Lipinski definition) is 4. The van der Waals surface area contributed by atoms with Gasteiger partial charge >= 0.3 is 0 Å². The molecule has 0 saturated carbocycles. The quantitative estimate of drug-likeness (QED) is 0.507. The highest BCUT2D eigenvalue weighted by molar-refractivity contribution is 7.89. The number of hydrogen-bond acceptors (Lipinski definition) is 6. The maximum absolute atomic E-state index is 11.5. The summed E-state index contributed by atoms with van der Waals surface area (Å²) in [6, 6.07) is 11.0. The number of rotatable bonds is 4. The van der Waals surface area contributed by atoms with Crippen LogP contribution in [0.5, 0.6) is 0 Å². The Hall–Kier alpha value is -2.78. The summed E-state index contributed by atoms with van der Waals surface area (Å²) < 4.78 is 23.0. The van der Waals surface area contributed by atoms with Crippen LogP contribution >= 0.6 is 0 Å². The Morgan fingerprint density at radius 1 is 1.22 bits per heavy atom. The molecule has 6 N–H and O–H groups in total. The highest BCUT2D eigenvalue weighted by Gasteiger charge is 2.22. The van der Waals surface area contributed by atoms with Crippen LogP contribution in [0, 0.1) is 0 Å². The molecular formula is C18H22N6O2S. The molecule has 2 aromatic carbocycles. The number of aromatic nitrogens is 2. The highest BCUT2D eigenvalue weighted by atomic mass is 32.2. The number of fused-ring (bicyclic) bond motifs is 1. The van der Waals surface area contributed by atoms with Crippen molar-refractivity contribution in [3.05, 3.63) is 42.6 Å². The van der Waals surface area contributed by atoms with Gasteiger partial charge in [-0.1, -0.05) is 0 Å². The van der Waals surface area contributed by atoms with E-state index in [0.29, 0.717) is 5.69 Å². The number of nitrogens with one attached hydrogen (secondary N) is 2. The van der Waals surface area contributed by atoms with E-state index >= 15 is 0 Å². The number of primary sulfonamides is 1. The second-order valence-electron chi connectivity index (χ2n) is 6.87. The van der Waals surface area contributed by atoms with Crippen LogP contribution in [0.2, 0.25) is 0 Å². The first-order chi connectivity index (χ1) is 12.9. The number of nitrogens with two attached hydrogens (primary N) is 2. The van der Waals surface area contributed by atoms with E-state index in [1.807, 2.05) is 12.1 Å². The van der Waals surface area contributed by atoms with Gasteiger partial charge in [0.1, 0.15) is 0 Å². The van der Waals surface area contributed by atoms with Crippen molar-refractivity contribution in [3.8, 4) is 0 Å². The average Bonchev–Trinajstić information content (AvgIpc) is 3.09. The standard InChI is InChI=1S/C18H22N6O2S/c19-16-9-15(27(20,25)26)4-6-18(16)24-7-1-2-14(11-24)22-13-3-5-17-12(8-13)10-21-23-17/h3-6,8-10,14,22H,1-2,7,11,19H2,(H,21,23)(H2,20,25,26). The van der Waals surface area contributed by atoms with Gasteiger partial charge in [0.2, 0.25) is 10.0 Å². The molecule has 142 valence electrons. The van der Waals surface area contributed by atoms with E-state index in [1.54, 1.807) is 12.3 Å². The summed E-state index contributed by atoms with van der Waals surface area (Å²) in [5, 5.41) is 16.8. The molecule has 2 heterocycles. The summed E-state index contributed by atoms with van der Waals surface area (Å²) >= 11 is 0. The molecule has 0 bridgehead atoms. The fourth-order valence-electron chi connectivity index (χ4n) is 3.58. The molecule has 0 aliphatic carbocycles. The molecule has 0 amide bonds. The van der Waals surface area contributed by atoms with Gasteiger partial charge in [0.05, 0.1) is 28.0 Å². The van der Waals surface area contributed by atoms with Crippen LogP contribution in [0.15, 0.2) is 47.5 Å². The van der Waals surface area contributed by atoms with E-state index in [9.17, 15) is 8.42 Å². The molecule has 8 nitrogen and oxygen atoms in total. The maximum Gasteiger partial charge on any atom is 0.238 e. The van der Waals surface area contributed by atoms with Crippen molar-refractivity contribution in [1.29, 1.82) is 0 Å². The van der Waals surface area contributed by atoms with Gasteiger partial charge < -0.3 is 16.0 Å². The first kappa shape index (κ1) is 17.6. The first-order valence-corrected chi connectivity index (χ1v) is 10.3. The highest BCUT2D eigenvalue weighted by Crippen LogP contribution is 2.29. The van der Waals surface area contributed by atoms with Gasteiger partial charge in [-0.05, 0) is 49.2 Å². The molecule has 1 unspecified atom stereocenters. The van der Waals surface area contributed by atoms with Crippen molar-refractivity contribution in [1.82, 2.24) is 10.2 Å². The monoisotopic (exact) mass is 386 g/mol. The van der Waals surface area contributed by atoms with Crippen LogP contribution in [0.4, 0.5) is 17.1 Å². The predicted octanol–water partition coefficient (Wildman–Crippen LogP) is 1.87. The smallest absolute Gasteiger partial charge is 0.238 e. The molecule has 0 radical (unpaired) electrons. The van der Waals surface area contributed by atoms with E-state index in [4.69, 9.17) is 10.9 Å². The summed E-state index contributed by atoms with van der Waals surface area (Å²) in [7, 11) is -3.76. The Bertz CT molecular complexity index is 1080. The number of H-pyrrole nitrogens is 1. The maximum atomic E-state index is 11.5. The fourth-order valence-corrected chi connectivity index (χ4v) is 4.13. The zero-order valence-corrected chi connectivity index (χ0v) is 15.5. The first-order valence-electron chi connectivity index (χ1n) is 8.77. The number of piperidine rings is 1. The Labute approximate surface area is 157 Å². The van der Waals surface area contributed by atoms with Crippen molar-refractivity contribution in [2.45, 2.75) is 23.8 Å². The minimum atomic E-state index is -3.76. The number of aromatic amines is 1. The largest absolute Gasteiger partial charge is 0.397 e. The SMILES string of the molecule is Nc1cc(S(N)(=O)=O)ccc1N1CCCC(Nc2ccc3[nH]ncc3c2)C1. The number of benzene rings is 2. The number of nitrogens with zero attached hydrogens (tertiary/aromatic N) is 2. The van der Waals surface area contributed by atoms with Gasteiger partial charge in [-0.3, -0.25) is 5.10 Å². The van der Waals surface area contributed by atoms with E-state index in [0.717, 1.165) is 48.2 Å². The van der Waals surface area contributed by atoms with Crippen molar-refractivity contribution in [3.63, 3.8) is 0 Å². The van der Waals surface area contributed by atoms with E-state index < -0.39 is 10.0 Å². The molecule has 1 aliphatic rings. The second kappa shape index (κ2) is 6.75. The summed E-state index contributed by atoms with van der Waals surface area (Å²) in [4.78, 5) is 2.21. The van der Waals surface area contributed by atoms with Crippen LogP contribution in [-0.2, 0) is 10.0 Å². The summed E-state index contributed by atoms with van der Waals surface area (Å²) in [6.45, 7) is 1.65. The predicted molar refractivity (Wildman–Crippen MR) is 107 cm³/mol. The Morgan fingerprint density at radius 3 is 2.85 bits per heavy atom. The zero-order chi connectivity index (χ0) is 19.0. The van der Waals surface area contributed by atoms with Gasteiger partial charge in [-0.25, -0.2) is 13.6 Å². The lowest BCUT2D eigenvalue weighted by molar-refractivity contribution is 0.530. The Morgan fingerprint density at radius 2 is 2.07 bits per heavy atom. The molecule has 1 atom stereocenters. The van der Waals surface area contributed by atoms with Crippen molar-refractivity contribution in [2.24, 2.45) is 5.14 Å². The summed E-state index contributed by atoms with van der Waals surface area (Å²) in [5.74, 6) is 0. The molecule has 4 rings (SSSR count). The minimum Gasteiger partial charge on any atom is -0.397 e. The van der Waals surface area contributed by atoms with Crippen LogP contribution < -0.4 is 21.1 Å². The van der Waals surface area contributed by atoms with Gasteiger partial charge in [-0.2, -0.15) is 5.10 Å². The lowest BCUT2D eigenvalue weighted by atomic mass is 10.0. The molecular weight excluding hydrogens is 364 g/mol. The van der Waals surface area contributed by atoms with Crippen molar-refractivity contribution >= 4 is 38.0 Å². The van der Waals surface area contributed by atoms with Gasteiger partial charge in [0.25, 0.3) is 0 Å². The number of sulfonamides is 1. The van der Waals surface area contributed by atoms with E-state index in [1.165, 1.54) is 12.1 Å². The van der Waals surface area contributed by atoms with Crippen LogP contribution in [0.1, 0.15) is 12.8 Å². The topological polar surface area (TPSA) is 130 Å². The van der Waals surface area contributed by atoms with Gasteiger partial charge in [0.15, 0.2) is 0 Å². The molecule has 27 heavy (non-hydrogen) atoms. The number of nitrogen functional groups attached to an aromatic ring is 1. The zero-order valence-electron chi connectivity index (χ0n) is 14.7. The molecule has 1 fully saturated rings. The van der Waals surface area contributed by atoms with Crippen LogP contribution in [0.25, 0.3) is 10.9 Å². The third-order valence-electron chi connectivity index (χ3n) is 4.90. The van der Waals surface area contributed by atoms with Crippen molar-refractivity contribution in [2.75, 3.05) is 29.0 Å². The molecule has 1 aromatic heterocycles. The van der Waals surface area contributed by atoms with Gasteiger partial charge in [0, 0.05) is 30.2 Å². The second-order valence-corrected chi connectivity index (χ2v) is 8.43. The molecule has 1 saturated heterocycles. The molecule has 0 spiro atoms. The normalized spacial score (nSPS) is 18.0. The summed E-state index contributed by atoms with van der Waals surface area (Å²) in [6.07, 6.45) is 3.87. The molecule has 1 aliphatic heterocycles. The van der Waals surface area contributed by atoms with Crippen LogP contribution in [0.3, 0.4) is 0 Å². The Kier molecular flexibility index (Phi) is 4.40. The summed E-state index contributed by atoms with van der Waals surface area (Å²) in [5.41, 5.74) is 9.41. The minimum absolute atomic E-state index is 0.0313. The average molecular weight is 386 g/mol. The third-order valence-corrected chi connectivity index (χ3v) is 5.81. The number of anilines is 3. The lowest BCUT2D eigenvalue weighted by Crippen LogP contribution is -2.42. The molecule has 9 heteroatoms. The fraction of sp³-hybridized carbons (Fsp3) is 0.278. The lowest BCUT2D eigenvalue weighted by Gasteiger charge is -2.36. The van der Waals surface area contributed by atoms with Crippen LogP contribution in [-0.4, -0.2) is 37.7 Å². The Balaban J connectivity index is 1.51. The van der Waals surface area contributed by atoms with E-state index in [2.05, 4.69) is 26.5 Å². The van der Waals surface area contributed by atoms with Gasteiger partial charge in [-0.15, -0.1) is 0 Å². The van der Waals surface area contributed by atoms with Crippen molar-refractivity contribution < 1.29 is 8.42 Å². The van der Waals surface area contributed by atoms with E-state index in [-0.39, 0.29) is 10.9 Å². The molecule has 3 aromatic rings.